The molecular formula is C10H9ArN. The number of nitrogens with zero attached hydrogens (tertiary/aromatic N) is 1. The maximum atomic E-state index is 4.24. The second-order valence-corrected chi connectivity index (χ2v) is 2.64. The van der Waals surface area contributed by atoms with Crippen molar-refractivity contribution >= 4 is 10.9 Å². The van der Waals surface area contributed by atoms with Gasteiger partial charge < -0.3 is 0 Å². The summed E-state index contributed by atoms with van der Waals surface area (Å²) in [5.41, 5.74) is 2.36. The third kappa shape index (κ3) is 1.79. The number of para-hydroxylation sites is 1. The Morgan fingerprint density at radius 2 is 1.83 bits per heavy atom. The van der Waals surface area contributed by atoms with E-state index in [1.54, 1.807) is 0 Å². The molecule has 0 saturated heterocycles. The second-order valence-electron chi connectivity index (χ2n) is 2.64. The third-order valence-corrected chi connectivity index (χ3v) is 1.87. The Morgan fingerprint density at radius 1 is 1.08 bits per heavy atom. The van der Waals surface area contributed by atoms with Crippen molar-refractivity contribution in [1.29, 1.82) is 0 Å². The van der Waals surface area contributed by atoms with E-state index < -0.39 is 0 Å². The molecule has 0 N–H and O–H groups in total. The summed E-state index contributed by atoms with van der Waals surface area (Å²) in [6.45, 7) is 2.10. The summed E-state index contributed by atoms with van der Waals surface area (Å²) >= 11 is 0. The molecule has 62 valence electrons. The van der Waals surface area contributed by atoms with E-state index >= 15 is 0 Å². The number of aromatic nitrogens is 1. The first-order valence-corrected chi connectivity index (χ1v) is 3.68. The Bertz CT molecular complexity index is 379. The molecule has 1 aromatic heterocycles. The molecule has 12 heavy (non-hydrogen) atoms. The normalized spacial score (nSPS) is 9.42. The van der Waals surface area contributed by atoms with Crippen LogP contribution in [0.1, 0.15) is 5.56 Å². The fourth-order valence-corrected chi connectivity index (χ4v) is 1.24. The molecule has 0 unspecified atom stereocenters. The molecule has 1 aromatic carbocycles. The fourth-order valence-electron chi connectivity index (χ4n) is 1.24. The minimum Gasteiger partial charge on any atom is -0.256 e. The molecule has 0 radical (unpaired) electrons. The fraction of sp³-hybridized carbons (Fsp3) is 0.100. The average Bonchev–Trinajstić information content (AvgIpc) is 2.06. The van der Waals surface area contributed by atoms with Crippen LogP contribution in [-0.2, 0) is 0 Å². The van der Waals surface area contributed by atoms with Gasteiger partial charge in [-0.15, -0.1) is 0 Å². The van der Waals surface area contributed by atoms with Crippen LogP contribution in [0.3, 0.4) is 0 Å². The van der Waals surface area contributed by atoms with E-state index in [2.05, 4.69) is 18.0 Å². The summed E-state index contributed by atoms with van der Waals surface area (Å²) in [4.78, 5) is 4.24. The topological polar surface area (TPSA) is 12.9 Å². The molecule has 0 aliphatic heterocycles. The van der Waals surface area contributed by atoms with Gasteiger partial charge in [-0.25, -0.2) is 0 Å². The minimum absolute atomic E-state index is 0. The third-order valence-electron chi connectivity index (χ3n) is 1.87. The van der Waals surface area contributed by atoms with Crippen LogP contribution in [0.15, 0.2) is 36.5 Å². The Morgan fingerprint density at radius 3 is 2.58 bits per heavy atom. The van der Waals surface area contributed by atoms with Gasteiger partial charge in [0.25, 0.3) is 0 Å². The molecule has 0 spiro atoms. The van der Waals surface area contributed by atoms with E-state index in [9.17, 15) is 0 Å². The first kappa shape index (κ1) is 9.97. The summed E-state index contributed by atoms with van der Waals surface area (Å²) in [6, 6.07) is 10.2. The molecule has 2 rings (SSSR count). The predicted molar refractivity (Wildman–Crippen MR) is 46.5 cm³/mol. The number of benzene rings is 1. The number of hydrogen-bond acceptors (Lipinski definition) is 1. The molecule has 1 heterocycles. The molecule has 0 aliphatic rings. The van der Waals surface area contributed by atoms with E-state index in [-0.39, 0.29) is 37.7 Å². The van der Waals surface area contributed by atoms with Gasteiger partial charge in [0, 0.05) is 49.3 Å². The van der Waals surface area contributed by atoms with Gasteiger partial charge in [-0.1, -0.05) is 18.2 Å². The molecule has 1 nitrogen and oxygen atoms in total. The van der Waals surface area contributed by atoms with E-state index in [0.717, 1.165) is 5.52 Å². The second kappa shape index (κ2) is 4.22. The van der Waals surface area contributed by atoms with Gasteiger partial charge in [0.1, 0.15) is 0 Å². The van der Waals surface area contributed by atoms with Crippen LogP contribution in [0.25, 0.3) is 10.9 Å². The van der Waals surface area contributed by atoms with Gasteiger partial charge in [0.2, 0.25) is 0 Å². The predicted octanol–water partition coefficient (Wildman–Crippen LogP) is 2.54. The molecule has 2 aromatic rings. The number of fused-ring (bicyclic) bond motifs is 1. The van der Waals surface area contributed by atoms with E-state index in [1.807, 2.05) is 30.5 Å². The Kier molecular flexibility index (Phi) is 3.51. The van der Waals surface area contributed by atoms with Gasteiger partial charge >= 0.3 is 0 Å². The summed E-state index contributed by atoms with van der Waals surface area (Å²) in [7, 11) is 0. The van der Waals surface area contributed by atoms with Crippen LogP contribution in [0.2, 0.25) is 0 Å². The van der Waals surface area contributed by atoms with Crippen molar-refractivity contribution in [2.75, 3.05) is 0 Å². The van der Waals surface area contributed by atoms with Crippen molar-refractivity contribution in [2.24, 2.45) is 0 Å². The zero-order valence-electron chi connectivity index (χ0n) is 6.76. The SMILES string of the molecule is Cc1ccnc2ccccc12.[Ar]. The number of aryl methyl sites for hydroxylation is 1. The molecule has 2 heteroatoms. The zero-order chi connectivity index (χ0) is 7.68. The van der Waals surface area contributed by atoms with Crippen molar-refractivity contribution in [3.8, 4) is 0 Å². The van der Waals surface area contributed by atoms with Crippen molar-refractivity contribution in [3.05, 3.63) is 42.1 Å². The quantitative estimate of drug-likeness (QED) is 0.611. The van der Waals surface area contributed by atoms with E-state index in [0.29, 0.717) is 0 Å². The molecule has 0 amide bonds. The summed E-state index contributed by atoms with van der Waals surface area (Å²) in [5, 5.41) is 1.25. The molecule has 0 atom stereocenters. The average molecular weight is 183 g/mol. The Hall–Kier alpha value is -0.110. The van der Waals surface area contributed by atoms with Crippen LogP contribution in [0, 0.1) is 44.7 Å². The van der Waals surface area contributed by atoms with Gasteiger partial charge in [-0.2, -0.15) is 0 Å². The molecular weight excluding hydrogens is 174 g/mol. The first-order chi connectivity index (χ1) is 5.38. The van der Waals surface area contributed by atoms with E-state index in [1.165, 1.54) is 10.9 Å². The zero-order valence-corrected chi connectivity index (χ0v) is 7.47. The summed E-state index contributed by atoms with van der Waals surface area (Å²) in [5.74, 6) is 0. The largest absolute Gasteiger partial charge is 0.256 e. The van der Waals surface area contributed by atoms with Crippen LogP contribution in [0.5, 0.6) is 0 Å². The Balaban J connectivity index is 0.000000720. The van der Waals surface area contributed by atoms with Crippen molar-refractivity contribution < 1.29 is 37.7 Å². The Labute approximate surface area is 102 Å². The van der Waals surface area contributed by atoms with Gasteiger partial charge in [-0.3, -0.25) is 4.98 Å². The minimum atomic E-state index is 0. The van der Waals surface area contributed by atoms with E-state index in [4.69, 9.17) is 0 Å². The maximum absolute atomic E-state index is 4.24. The van der Waals surface area contributed by atoms with Crippen molar-refractivity contribution in [1.82, 2.24) is 4.98 Å². The molecule has 0 aliphatic carbocycles. The molecule has 0 fully saturated rings. The number of pyridine rings is 1. The van der Waals surface area contributed by atoms with Crippen LogP contribution < -0.4 is 0 Å². The monoisotopic (exact) mass is 183 g/mol. The smallest absolute Gasteiger partial charge is 0.0704 e. The number of hydrogen-bond donors (Lipinski definition) is 0. The van der Waals surface area contributed by atoms with Crippen LogP contribution >= 0.6 is 0 Å². The molecule has 0 saturated carbocycles. The standard InChI is InChI=1S/C10H9N.Ar/c1-8-6-7-11-10-5-3-2-4-9(8)10;/h2-7H,1H3;. The summed E-state index contributed by atoms with van der Waals surface area (Å²) in [6.07, 6.45) is 1.84. The molecule has 0 bridgehead atoms. The van der Waals surface area contributed by atoms with Gasteiger partial charge in [0.05, 0.1) is 5.52 Å². The van der Waals surface area contributed by atoms with Gasteiger partial charge in [0.15, 0.2) is 0 Å². The van der Waals surface area contributed by atoms with Gasteiger partial charge in [-0.05, 0) is 24.6 Å². The van der Waals surface area contributed by atoms with Crippen LogP contribution in [-0.4, -0.2) is 4.98 Å². The first-order valence-electron chi connectivity index (χ1n) is 3.68. The summed E-state index contributed by atoms with van der Waals surface area (Å²) < 4.78 is 0. The maximum Gasteiger partial charge on any atom is 0.0704 e. The van der Waals surface area contributed by atoms with Crippen molar-refractivity contribution in [3.63, 3.8) is 0 Å². The van der Waals surface area contributed by atoms with Crippen LogP contribution in [0.4, 0.5) is 0 Å². The number of rotatable bonds is 0. The van der Waals surface area contributed by atoms with Crippen molar-refractivity contribution in [2.45, 2.75) is 6.92 Å².